The van der Waals surface area contributed by atoms with Gasteiger partial charge in [0, 0.05) is 29.4 Å². The van der Waals surface area contributed by atoms with Gasteiger partial charge in [0.25, 0.3) is 10.9 Å². The molecular weight excluding hydrogens is 384 g/mol. The van der Waals surface area contributed by atoms with E-state index in [9.17, 15) is 14.9 Å². The van der Waals surface area contributed by atoms with Gasteiger partial charge < -0.3 is 14.5 Å². The fourth-order valence-electron chi connectivity index (χ4n) is 2.28. The number of carbonyl (C=O) groups is 1. The van der Waals surface area contributed by atoms with Crippen molar-refractivity contribution >= 4 is 29.0 Å². The Kier molecular flexibility index (Phi) is 5.90. The minimum absolute atomic E-state index is 0.0732. The molecule has 3 rings (SSSR count). The van der Waals surface area contributed by atoms with Crippen molar-refractivity contribution in [3.63, 3.8) is 0 Å². The van der Waals surface area contributed by atoms with Crippen molar-refractivity contribution in [2.24, 2.45) is 0 Å². The highest BCUT2D eigenvalue weighted by Gasteiger charge is 2.19. The molecule has 0 aliphatic carbocycles. The van der Waals surface area contributed by atoms with Gasteiger partial charge in [0.05, 0.1) is 17.3 Å². The maximum Gasteiger partial charge on any atom is 0.277 e. The van der Waals surface area contributed by atoms with Gasteiger partial charge in [-0.2, -0.15) is 0 Å². The van der Waals surface area contributed by atoms with E-state index in [0.29, 0.717) is 17.0 Å². The van der Waals surface area contributed by atoms with Crippen molar-refractivity contribution in [2.75, 3.05) is 12.4 Å². The molecule has 0 aliphatic rings. The molecule has 1 amide bonds. The zero-order valence-electron chi connectivity index (χ0n) is 15.0. The second-order valence-electron chi connectivity index (χ2n) is 5.66. The van der Waals surface area contributed by atoms with Crippen LogP contribution in [-0.4, -0.2) is 33.4 Å². The van der Waals surface area contributed by atoms with Crippen molar-refractivity contribution in [1.29, 1.82) is 0 Å². The molecule has 0 spiro atoms. The number of nitro benzene ring substituents is 1. The highest BCUT2D eigenvalue weighted by molar-refractivity contribution is 8.00. The molecule has 3 aromatic rings. The number of benzene rings is 2. The number of rotatable bonds is 7. The van der Waals surface area contributed by atoms with Gasteiger partial charge in [-0.25, -0.2) is 0 Å². The molecular formula is C18H16N4O5S. The number of nitro groups is 1. The number of aromatic nitrogens is 2. The largest absolute Gasteiger partial charge is 0.497 e. The van der Waals surface area contributed by atoms with Crippen LogP contribution in [0.1, 0.15) is 6.92 Å². The molecule has 144 valence electrons. The minimum atomic E-state index is -0.510. The predicted octanol–water partition coefficient (Wildman–Crippen LogP) is 3.77. The van der Waals surface area contributed by atoms with Crippen LogP contribution in [0.2, 0.25) is 0 Å². The monoisotopic (exact) mass is 400 g/mol. The number of nitrogens with one attached hydrogen (secondary N) is 1. The third-order valence-corrected chi connectivity index (χ3v) is 4.63. The maximum atomic E-state index is 12.4. The van der Waals surface area contributed by atoms with E-state index < -0.39 is 10.2 Å². The Bertz CT molecular complexity index is 1010. The fourth-order valence-corrected chi connectivity index (χ4v) is 2.96. The molecule has 28 heavy (non-hydrogen) atoms. The number of ether oxygens (including phenoxy) is 1. The van der Waals surface area contributed by atoms with Crippen LogP contribution in [0.5, 0.6) is 5.75 Å². The van der Waals surface area contributed by atoms with Crippen LogP contribution in [0.25, 0.3) is 11.5 Å². The first-order valence-electron chi connectivity index (χ1n) is 8.16. The van der Waals surface area contributed by atoms with Crippen LogP contribution < -0.4 is 10.1 Å². The van der Waals surface area contributed by atoms with Crippen molar-refractivity contribution in [2.45, 2.75) is 17.4 Å². The van der Waals surface area contributed by atoms with Crippen LogP contribution in [0.15, 0.2) is 58.2 Å². The lowest BCUT2D eigenvalue weighted by Crippen LogP contribution is -2.22. The normalized spacial score (nSPS) is 11.6. The van der Waals surface area contributed by atoms with Crippen molar-refractivity contribution in [3.8, 4) is 17.2 Å². The van der Waals surface area contributed by atoms with Gasteiger partial charge in [-0.05, 0) is 25.1 Å². The van der Waals surface area contributed by atoms with Gasteiger partial charge in [0.2, 0.25) is 11.8 Å². The summed E-state index contributed by atoms with van der Waals surface area (Å²) in [4.78, 5) is 22.8. The van der Waals surface area contributed by atoms with Crippen molar-refractivity contribution in [1.82, 2.24) is 10.2 Å². The summed E-state index contributed by atoms with van der Waals surface area (Å²) in [6.07, 6.45) is 0. The standard InChI is InChI=1S/C18H16N4O5S/c1-11(16(23)19-13-6-4-8-15(10-13)26-2)28-18-21-20-17(27-18)12-5-3-7-14(9-12)22(24)25/h3-11H,1-2H3,(H,19,23)/t11-/m0/s1. The van der Waals surface area contributed by atoms with Crippen LogP contribution in [0, 0.1) is 10.1 Å². The van der Waals surface area contributed by atoms with Gasteiger partial charge in [-0.1, -0.05) is 23.9 Å². The van der Waals surface area contributed by atoms with Crippen molar-refractivity contribution in [3.05, 3.63) is 58.6 Å². The lowest BCUT2D eigenvalue weighted by molar-refractivity contribution is -0.384. The number of non-ortho nitro benzene ring substituents is 1. The van der Waals surface area contributed by atoms with E-state index in [4.69, 9.17) is 9.15 Å². The zero-order valence-corrected chi connectivity index (χ0v) is 15.8. The molecule has 0 aliphatic heterocycles. The minimum Gasteiger partial charge on any atom is -0.497 e. The first kappa shape index (κ1) is 19.4. The molecule has 1 heterocycles. The summed E-state index contributed by atoms with van der Waals surface area (Å²) in [5.74, 6) is 0.538. The third kappa shape index (κ3) is 4.65. The quantitative estimate of drug-likeness (QED) is 0.361. The summed E-state index contributed by atoms with van der Waals surface area (Å²) >= 11 is 1.09. The second kappa shape index (κ2) is 8.53. The van der Waals surface area contributed by atoms with E-state index in [1.807, 2.05) is 0 Å². The Labute approximate surface area is 164 Å². The van der Waals surface area contributed by atoms with Crippen molar-refractivity contribution < 1.29 is 18.9 Å². The molecule has 1 atom stereocenters. The summed E-state index contributed by atoms with van der Waals surface area (Å²) in [7, 11) is 1.55. The molecule has 0 fully saturated rings. The van der Waals surface area contributed by atoms with Gasteiger partial charge in [-0.3, -0.25) is 14.9 Å². The summed E-state index contributed by atoms with van der Waals surface area (Å²) in [6, 6.07) is 12.9. The van der Waals surface area contributed by atoms with Gasteiger partial charge in [0.1, 0.15) is 5.75 Å². The molecule has 1 N–H and O–H groups in total. The van der Waals surface area contributed by atoms with E-state index in [1.165, 1.54) is 18.2 Å². The average Bonchev–Trinajstić information content (AvgIpc) is 3.16. The van der Waals surface area contributed by atoms with E-state index in [-0.39, 0.29) is 22.7 Å². The second-order valence-corrected chi connectivity index (χ2v) is 6.95. The Hall–Kier alpha value is -3.40. The zero-order chi connectivity index (χ0) is 20.1. The third-order valence-electron chi connectivity index (χ3n) is 3.69. The Balaban J connectivity index is 1.66. The lowest BCUT2D eigenvalue weighted by atomic mass is 10.2. The molecule has 0 bridgehead atoms. The summed E-state index contributed by atoms with van der Waals surface area (Å²) in [5.41, 5.74) is 0.970. The molecule has 2 aromatic carbocycles. The summed E-state index contributed by atoms with van der Waals surface area (Å²) in [6.45, 7) is 1.71. The number of carbonyl (C=O) groups excluding carboxylic acids is 1. The van der Waals surface area contributed by atoms with E-state index >= 15 is 0 Å². The number of hydrogen-bond acceptors (Lipinski definition) is 8. The molecule has 10 heteroatoms. The van der Waals surface area contributed by atoms with Gasteiger partial charge in [-0.15, -0.1) is 10.2 Å². The first-order valence-corrected chi connectivity index (χ1v) is 9.04. The molecule has 0 saturated heterocycles. The van der Waals surface area contributed by atoms with Crippen LogP contribution in [0.4, 0.5) is 11.4 Å². The number of methoxy groups -OCH3 is 1. The average molecular weight is 400 g/mol. The smallest absolute Gasteiger partial charge is 0.277 e. The Morgan fingerprint density at radius 2 is 2.04 bits per heavy atom. The molecule has 9 nitrogen and oxygen atoms in total. The molecule has 0 unspecified atom stereocenters. The topological polar surface area (TPSA) is 120 Å². The highest BCUT2D eigenvalue weighted by atomic mass is 32.2. The van der Waals surface area contributed by atoms with Gasteiger partial charge in [0.15, 0.2) is 0 Å². The summed E-state index contributed by atoms with van der Waals surface area (Å²) in [5, 5.41) is 21.2. The number of nitrogens with zero attached hydrogens (tertiary/aromatic N) is 3. The van der Waals surface area contributed by atoms with E-state index in [1.54, 1.807) is 44.4 Å². The lowest BCUT2D eigenvalue weighted by Gasteiger charge is -2.10. The predicted molar refractivity (Wildman–Crippen MR) is 103 cm³/mol. The maximum absolute atomic E-state index is 12.4. The Morgan fingerprint density at radius 3 is 2.79 bits per heavy atom. The van der Waals surface area contributed by atoms with E-state index in [2.05, 4.69) is 15.5 Å². The van der Waals surface area contributed by atoms with Crippen LogP contribution in [-0.2, 0) is 4.79 Å². The molecule has 0 radical (unpaired) electrons. The number of thioether (sulfide) groups is 1. The Morgan fingerprint density at radius 1 is 1.25 bits per heavy atom. The number of amides is 1. The molecule has 0 saturated carbocycles. The SMILES string of the molecule is COc1cccc(NC(=O)[C@H](C)Sc2nnc(-c3cccc([N+](=O)[O-])c3)o2)c1. The van der Waals surface area contributed by atoms with E-state index in [0.717, 1.165) is 11.8 Å². The number of anilines is 1. The summed E-state index contributed by atoms with van der Waals surface area (Å²) < 4.78 is 10.7. The van der Waals surface area contributed by atoms with Crippen LogP contribution >= 0.6 is 11.8 Å². The van der Waals surface area contributed by atoms with Gasteiger partial charge >= 0.3 is 0 Å². The first-order chi connectivity index (χ1) is 13.5. The number of hydrogen-bond donors (Lipinski definition) is 1. The highest BCUT2D eigenvalue weighted by Crippen LogP contribution is 2.28. The fraction of sp³-hybridized carbons (Fsp3) is 0.167. The molecule has 1 aromatic heterocycles. The van der Waals surface area contributed by atoms with Crippen LogP contribution in [0.3, 0.4) is 0 Å².